The van der Waals surface area contributed by atoms with E-state index in [2.05, 4.69) is 15.5 Å². The molecular formula is C22H20FN5O3S2. The molecule has 0 atom stereocenters. The normalized spacial score (nSPS) is 13.5. The topological polar surface area (TPSA) is 97.2 Å². The Balaban J connectivity index is 1.42. The lowest BCUT2D eigenvalue weighted by atomic mass is 10.1. The number of rotatable bonds is 9. The highest BCUT2D eigenvalue weighted by molar-refractivity contribution is 8.14. The molecular weight excluding hydrogens is 465 g/mol. The lowest BCUT2D eigenvalue weighted by Gasteiger charge is -2.13. The van der Waals surface area contributed by atoms with E-state index >= 15 is 0 Å². The summed E-state index contributed by atoms with van der Waals surface area (Å²) in [6, 6.07) is 15.8. The number of hydrogen-bond acceptors (Lipinski definition) is 7. The largest absolute Gasteiger partial charge is 0.354 e. The molecule has 1 aliphatic heterocycles. The molecule has 0 aliphatic carbocycles. The molecule has 3 amide bonds. The molecule has 0 radical (unpaired) electrons. The summed E-state index contributed by atoms with van der Waals surface area (Å²) in [7, 11) is 0. The SMILES string of the molecule is O=C(CSc1nnc(Cc2ccccc2)n1-c1ccc(F)cc1)NCCN1C(=O)CSC1=O. The Bertz CT molecular complexity index is 1140. The van der Waals surface area contributed by atoms with E-state index in [9.17, 15) is 18.8 Å². The number of imide groups is 1. The molecule has 33 heavy (non-hydrogen) atoms. The van der Waals surface area contributed by atoms with E-state index in [0.717, 1.165) is 22.2 Å². The standard InChI is InChI=1S/C22H20FN5O3S2/c23-16-6-8-17(9-7-16)28-18(12-15-4-2-1-3-5-15)25-26-21(28)32-13-19(29)24-10-11-27-20(30)14-33-22(27)31/h1-9H,10-14H2,(H,24,29). The predicted molar refractivity (Wildman–Crippen MR) is 124 cm³/mol. The number of hydrogen-bond donors (Lipinski definition) is 1. The maximum absolute atomic E-state index is 13.5. The van der Waals surface area contributed by atoms with Crippen LogP contribution >= 0.6 is 23.5 Å². The van der Waals surface area contributed by atoms with Crippen molar-refractivity contribution in [2.24, 2.45) is 0 Å². The number of benzene rings is 2. The van der Waals surface area contributed by atoms with Crippen molar-refractivity contribution in [3.8, 4) is 5.69 Å². The third-order valence-electron chi connectivity index (χ3n) is 4.82. The highest BCUT2D eigenvalue weighted by Gasteiger charge is 2.29. The van der Waals surface area contributed by atoms with Crippen molar-refractivity contribution in [1.29, 1.82) is 0 Å². The van der Waals surface area contributed by atoms with Crippen LogP contribution in [0.2, 0.25) is 0 Å². The molecule has 0 unspecified atom stereocenters. The van der Waals surface area contributed by atoms with Gasteiger partial charge in [0.1, 0.15) is 11.6 Å². The summed E-state index contributed by atoms with van der Waals surface area (Å²) in [6.45, 7) is 0.329. The number of carbonyl (C=O) groups excluding carboxylic acids is 3. The van der Waals surface area contributed by atoms with Crippen LogP contribution in [0.25, 0.3) is 5.69 Å². The molecule has 0 bridgehead atoms. The lowest BCUT2D eigenvalue weighted by molar-refractivity contribution is -0.125. The van der Waals surface area contributed by atoms with Crippen molar-refractivity contribution in [2.75, 3.05) is 24.6 Å². The Kier molecular flexibility index (Phi) is 7.40. The molecule has 1 saturated heterocycles. The highest BCUT2D eigenvalue weighted by atomic mass is 32.2. The number of aromatic nitrogens is 3. The second-order valence-electron chi connectivity index (χ2n) is 7.11. The number of carbonyl (C=O) groups is 3. The van der Waals surface area contributed by atoms with Crippen molar-refractivity contribution in [3.63, 3.8) is 0 Å². The first-order chi connectivity index (χ1) is 16.0. The zero-order valence-corrected chi connectivity index (χ0v) is 19.1. The summed E-state index contributed by atoms with van der Waals surface area (Å²) in [4.78, 5) is 36.7. The van der Waals surface area contributed by atoms with E-state index < -0.39 is 0 Å². The van der Waals surface area contributed by atoms with E-state index in [0.29, 0.717) is 23.1 Å². The van der Waals surface area contributed by atoms with Crippen LogP contribution in [-0.2, 0) is 16.0 Å². The Morgan fingerprint density at radius 2 is 1.85 bits per heavy atom. The lowest BCUT2D eigenvalue weighted by Crippen LogP contribution is -2.38. The summed E-state index contributed by atoms with van der Waals surface area (Å²) in [6.07, 6.45) is 0.522. The molecule has 1 aliphatic rings. The van der Waals surface area contributed by atoms with Gasteiger partial charge in [0.05, 0.1) is 11.5 Å². The molecule has 0 saturated carbocycles. The third kappa shape index (κ3) is 5.79. The fourth-order valence-corrected chi connectivity index (χ4v) is 4.77. The van der Waals surface area contributed by atoms with E-state index in [1.54, 1.807) is 12.1 Å². The quantitative estimate of drug-likeness (QED) is 0.466. The minimum absolute atomic E-state index is 0.0707. The predicted octanol–water partition coefficient (Wildman–Crippen LogP) is 2.90. The van der Waals surface area contributed by atoms with Gasteiger partial charge in [-0.3, -0.25) is 23.9 Å². The molecule has 0 spiro atoms. The molecule has 1 fully saturated rings. The average molecular weight is 486 g/mol. The Morgan fingerprint density at radius 3 is 2.55 bits per heavy atom. The molecule has 8 nitrogen and oxygen atoms in total. The van der Waals surface area contributed by atoms with Crippen LogP contribution in [0.15, 0.2) is 59.8 Å². The number of nitrogens with zero attached hydrogens (tertiary/aromatic N) is 4. The second kappa shape index (κ2) is 10.6. The van der Waals surface area contributed by atoms with Crippen molar-refractivity contribution >= 4 is 40.6 Å². The van der Waals surface area contributed by atoms with Gasteiger partial charge >= 0.3 is 0 Å². The maximum Gasteiger partial charge on any atom is 0.288 e. The first-order valence-corrected chi connectivity index (χ1v) is 12.1. The van der Waals surface area contributed by atoms with Gasteiger partial charge in [0, 0.05) is 25.2 Å². The van der Waals surface area contributed by atoms with Crippen LogP contribution in [0.4, 0.5) is 9.18 Å². The maximum atomic E-state index is 13.5. The van der Waals surface area contributed by atoms with Gasteiger partial charge in [0.15, 0.2) is 5.16 Å². The number of amides is 3. The van der Waals surface area contributed by atoms with Crippen LogP contribution < -0.4 is 5.32 Å². The minimum Gasteiger partial charge on any atom is -0.354 e. The van der Waals surface area contributed by atoms with E-state index in [1.807, 2.05) is 34.9 Å². The number of nitrogens with one attached hydrogen (secondary N) is 1. The molecule has 1 N–H and O–H groups in total. The third-order valence-corrected chi connectivity index (χ3v) is 6.61. The van der Waals surface area contributed by atoms with Gasteiger partial charge in [-0.1, -0.05) is 53.9 Å². The van der Waals surface area contributed by atoms with Crippen LogP contribution in [-0.4, -0.2) is 61.3 Å². The van der Waals surface area contributed by atoms with Crippen LogP contribution in [0, 0.1) is 5.82 Å². The van der Waals surface area contributed by atoms with Crippen LogP contribution in [0.3, 0.4) is 0 Å². The summed E-state index contributed by atoms with van der Waals surface area (Å²) >= 11 is 2.16. The Morgan fingerprint density at radius 1 is 1.09 bits per heavy atom. The van der Waals surface area contributed by atoms with E-state index in [1.165, 1.54) is 23.9 Å². The van der Waals surface area contributed by atoms with Crippen molar-refractivity contribution in [2.45, 2.75) is 11.6 Å². The van der Waals surface area contributed by atoms with E-state index in [-0.39, 0.29) is 47.5 Å². The minimum atomic E-state index is -0.349. The van der Waals surface area contributed by atoms with Crippen LogP contribution in [0.1, 0.15) is 11.4 Å². The molecule has 3 aromatic rings. The molecule has 4 rings (SSSR count). The molecule has 11 heteroatoms. The number of halogens is 1. The Hall–Kier alpha value is -3.18. The van der Waals surface area contributed by atoms with Crippen molar-refractivity contribution in [3.05, 3.63) is 71.8 Å². The van der Waals surface area contributed by atoms with Crippen LogP contribution in [0.5, 0.6) is 0 Å². The monoisotopic (exact) mass is 485 g/mol. The molecule has 2 heterocycles. The summed E-state index contributed by atoms with van der Waals surface area (Å²) in [5.41, 5.74) is 1.74. The average Bonchev–Trinajstić information content (AvgIpc) is 3.36. The molecule has 1 aromatic heterocycles. The summed E-state index contributed by atoms with van der Waals surface area (Å²) in [5.74, 6) is 0.0310. The summed E-state index contributed by atoms with van der Waals surface area (Å²) in [5, 5.41) is 11.5. The fourth-order valence-electron chi connectivity index (χ4n) is 3.22. The van der Waals surface area contributed by atoms with Gasteiger partial charge in [-0.15, -0.1) is 10.2 Å². The second-order valence-corrected chi connectivity index (χ2v) is 8.98. The Labute approximate surface area is 197 Å². The van der Waals surface area contributed by atoms with E-state index in [4.69, 9.17) is 0 Å². The smallest absolute Gasteiger partial charge is 0.288 e. The van der Waals surface area contributed by atoms with Crippen molar-refractivity contribution < 1.29 is 18.8 Å². The summed E-state index contributed by atoms with van der Waals surface area (Å²) < 4.78 is 15.3. The van der Waals surface area contributed by atoms with Gasteiger partial charge in [0.25, 0.3) is 5.24 Å². The molecule has 170 valence electrons. The fraction of sp³-hybridized carbons (Fsp3) is 0.227. The first-order valence-electron chi connectivity index (χ1n) is 10.1. The van der Waals surface area contributed by atoms with Gasteiger partial charge in [-0.2, -0.15) is 0 Å². The van der Waals surface area contributed by atoms with Gasteiger partial charge < -0.3 is 5.32 Å². The van der Waals surface area contributed by atoms with Crippen molar-refractivity contribution in [1.82, 2.24) is 25.0 Å². The number of thioether (sulfide) groups is 2. The van der Waals surface area contributed by atoms with Gasteiger partial charge in [-0.05, 0) is 29.8 Å². The van der Waals surface area contributed by atoms with Gasteiger partial charge in [-0.25, -0.2) is 4.39 Å². The highest BCUT2D eigenvalue weighted by Crippen LogP contribution is 2.24. The zero-order valence-electron chi connectivity index (χ0n) is 17.4. The zero-order chi connectivity index (χ0) is 23.2. The van der Waals surface area contributed by atoms with Gasteiger partial charge in [0.2, 0.25) is 11.8 Å². The molecule has 2 aromatic carbocycles. The first kappa shape index (κ1) is 23.0.